The van der Waals surface area contributed by atoms with Crippen LogP contribution in [0.1, 0.15) is 129 Å². The summed E-state index contributed by atoms with van der Waals surface area (Å²) < 4.78 is 80.3. The largest absolute Gasteiger partial charge is 0.461 e. The zero-order valence-electron chi connectivity index (χ0n) is 45.5. The van der Waals surface area contributed by atoms with E-state index in [1.165, 1.54) is 24.3 Å². The van der Waals surface area contributed by atoms with Crippen LogP contribution < -0.4 is 20.9 Å². The number of thiazole rings is 1. The average molecular weight is 1140 g/mol. The van der Waals surface area contributed by atoms with Gasteiger partial charge in [-0.05, 0) is 107 Å². The molecule has 20 nitrogen and oxygen atoms in total. The highest BCUT2D eigenvalue weighted by Gasteiger charge is 2.44. The first-order valence-corrected chi connectivity index (χ1v) is 29.6. The molecule has 0 bridgehead atoms. The second-order valence-corrected chi connectivity index (χ2v) is 24.3. The molecule has 3 amide bonds. The number of unbranched alkanes of at least 4 members (excludes halogenated alkanes) is 2. The van der Waals surface area contributed by atoms with Gasteiger partial charge in [-0.25, -0.2) is 9.78 Å². The van der Waals surface area contributed by atoms with Crippen LogP contribution >= 0.6 is 11.3 Å². The Morgan fingerprint density at radius 2 is 1.58 bits per heavy atom. The number of fused-ring (bicyclic) bond motifs is 2. The van der Waals surface area contributed by atoms with Crippen molar-refractivity contribution < 1.29 is 59.0 Å². The summed E-state index contributed by atoms with van der Waals surface area (Å²) in [6.45, 7) is 14.2. The number of nitrogens with zero attached hydrogens (tertiary/aromatic N) is 5. The van der Waals surface area contributed by atoms with Gasteiger partial charge in [-0.15, -0.1) is 0 Å². The van der Waals surface area contributed by atoms with E-state index in [-0.39, 0.29) is 51.7 Å². The molecule has 5 aromatic rings. The minimum Gasteiger partial charge on any atom is -0.461 e. The third kappa shape index (κ3) is 14.4. The smallest absolute Gasteiger partial charge is 0.350 e. The second-order valence-electron chi connectivity index (χ2n) is 20.5. The number of hydrogen-bond acceptors (Lipinski definition) is 15. The van der Waals surface area contributed by atoms with Crippen molar-refractivity contribution in [3.8, 4) is 11.4 Å². The summed E-state index contributed by atoms with van der Waals surface area (Å²) in [6, 6.07) is 15.2. The molecule has 0 spiro atoms. The molecule has 1 atom stereocenters. The van der Waals surface area contributed by atoms with E-state index in [0.717, 1.165) is 45.2 Å². The molecular formula is C56H67N8O12S3+. The number of ether oxygens (including phenoxy) is 1. The summed E-state index contributed by atoms with van der Waals surface area (Å²) in [6.07, 6.45) is 13.1. The quantitative estimate of drug-likeness (QED) is 0.0127. The van der Waals surface area contributed by atoms with Crippen molar-refractivity contribution in [1.29, 1.82) is 0 Å². The van der Waals surface area contributed by atoms with Gasteiger partial charge in [0, 0.05) is 84.5 Å². The van der Waals surface area contributed by atoms with E-state index in [1.807, 2.05) is 76.6 Å². The molecule has 2 aliphatic rings. The number of nitrogens with one attached hydrogen (secondary N) is 3. The lowest BCUT2D eigenvalue weighted by atomic mass is 9.81. The van der Waals surface area contributed by atoms with Crippen LogP contribution in [0.5, 0.6) is 0 Å². The minimum atomic E-state index is -4.48. The van der Waals surface area contributed by atoms with Gasteiger partial charge >= 0.3 is 5.97 Å². The molecule has 7 rings (SSSR count). The number of aromatic nitrogens is 3. The molecule has 0 radical (unpaired) electrons. The predicted octanol–water partition coefficient (Wildman–Crippen LogP) is 8.95. The average Bonchev–Trinajstić information content (AvgIpc) is 4.33. The van der Waals surface area contributed by atoms with Gasteiger partial charge in [0.1, 0.15) is 11.9 Å². The molecule has 23 heteroatoms. The summed E-state index contributed by atoms with van der Waals surface area (Å²) in [4.78, 5) is 63.4. The fourth-order valence-electron chi connectivity index (χ4n) is 9.79. The highest BCUT2D eigenvalue weighted by Crippen LogP contribution is 2.49. The lowest BCUT2D eigenvalue weighted by molar-refractivity contribution is -0.401. The van der Waals surface area contributed by atoms with Crippen LogP contribution in [0.25, 0.3) is 11.4 Å². The molecule has 2 aliphatic heterocycles. The number of rotatable bonds is 24. The van der Waals surface area contributed by atoms with E-state index in [1.54, 1.807) is 50.2 Å². The van der Waals surface area contributed by atoms with Gasteiger partial charge in [0.25, 0.3) is 26.1 Å². The van der Waals surface area contributed by atoms with Gasteiger partial charge in [-0.1, -0.05) is 74.0 Å². The van der Waals surface area contributed by atoms with Crippen LogP contribution in [0.2, 0.25) is 0 Å². The van der Waals surface area contributed by atoms with E-state index >= 15 is 0 Å². The minimum absolute atomic E-state index is 0.125. The fourth-order valence-corrected chi connectivity index (χ4v) is 11.7. The Balaban J connectivity index is 0.950. The first-order valence-electron chi connectivity index (χ1n) is 25.9. The number of aryl methyl sites for hydroxylation is 2. The van der Waals surface area contributed by atoms with Crippen LogP contribution in [0.4, 0.5) is 16.5 Å². The van der Waals surface area contributed by atoms with E-state index in [2.05, 4.69) is 36.0 Å². The summed E-state index contributed by atoms with van der Waals surface area (Å²) in [5.41, 5.74) is 4.98. The summed E-state index contributed by atoms with van der Waals surface area (Å²) >= 11 is 1.01. The number of amides is 3. The molecule has 5 N–H and O–H groups in total. The SMILES string of the molecule is CCCOC(=O)c1sc(NC(=O)C[C@H](CCCNC(=O)CCCCCN2/C(=C/C=C/C=C/C3=[N+](C)c4ccc(S(=O)(=O)O)cc4C3(C)C)C(C)(C)c3cc(S(=O)(=O)O)ccc32)NC(=O)c2cccc(-c3noc(C)n3)c2)nc1C. The van der Waals surface area contributed by atoms with E-state index in [0.29, 0.717) is 73.6 Å². The maximum absolute atomic E-state index is 13.6. The monoisotopic (exact) mass is 1140 g/mol. The predicted molar refractivity (Wildman–Crippen MR) is 300 cm³/mol. The molecule has 79 heavy (non-hydrogen) atoms. The number of benzene rings is 3. The van der Waals surface area contributed by atoms with Crippen molar-refractivity contribution >= 4 is 77.5 Å². The van der Waals surface area contributed by atoms with Gasteiger partial charge in [0.15, 0.2) is 10.8 Å². The molecule has 0 fully saturated rings. The summed E-state index contributed by atoms with van der Waals surface area (Å²) in [5.74, 6) is -0.846. The first-order chi connectivity index (χ1) is 37.3. The van der Waals surface area contributed by atoms with E-state index in [9.17, 15) is 45.1 Å². The summed E-state index contributed by atoms with van der Waals surface area (Å²) in [5, 5.41) is 12.9. The zero-order chi connectivity index (χ0) is 57.5. The van der Waals surface area contributed by atoms with Crippen LogP contribution in [-0.2, 0) is 45.4 Å². The maximum Gasteiger partial charge on any atom is 0.350 e. The lowest BCUT2D eigenvalue weighted by Gasteiger charge is -2.27. The van der Waals surface area contributed by atoms with Crippen molar-refractivity contribution in [2.24, 2.45) is 0 Å². The number of carbonyl (C=O) groups excluding carboxylic acids is 4. The first kappa shape index (κ1) is 59.5. The highest BCUT2D eigenvalue weighted by molar-refractivity contribution is 7.86. The molecule has 420 valence electrons. The Morgan fingerprint density at radius 1 is 0.861 bits per heavy atom. The zero-order valence-corrected chi connectivity index (χ0v) is 47.9. The third-order valence-electron chi connectivity index (χ3n) is 13.9. The molecule has 0 aliphatic carbocycles. The number of esters is 1. The standard InChI is InChI=1S/C56H66N8O12S3/c1-9-30-75-53(68)50-35(2)58-54(77-50)61-49(66)32-39(60-52(67)38-19-16-18-37(31-38)51-59-36(3)76-62-51)20-17-28-57-48(65)23-14-11-15-29-64-45-27-25-41(79(72,73)74)34-43(45)56(6,7)47(64)22-13-10-12-21-46-55(4,5)42-33-40(78(69,70)71)24-26-44(42)63(46)8/h10,12-13,16,18-19,21-22,24-27,31,33-34,39H,9,11,14-15,17,20,23,28-30,32H2,1-8H3,(H4-,57,58,60,61,65,66,67,68,69,70,71,72,73,74)/p+1/t39-/m0/s1. The Bertz CT molecular complexity index is 3500. The van der Waals surface area contributed by atoms with Crippen molar-refractivity contribution in [3.63, 3.8) is 0 Å². The van der Waals surface area contributed by atoms with Gasteiger partial charge in [0.2, 0.25) is 29.2 Å². The van der Waals surface area contributed by atoms with Crippen molar-refractivity contribution in [2.75, 3.05) is 37.0 Å². The van der Waals surface area contributed by atoms with E-state index in [4.69, 9.17) is 9.26 Å². The van der Waals surface area contributed by atoms with Crippen LogP contribution in [-0.4, -0.2) is 108 Å². The summed E-state index contributed by atoms with van der Waals surface area (Å²) in [7, 11) is -6.97. The second kappa shape index (κ2) is 24.9. The highest BCUT2D eigenvalue weighted by atomic mass is 32.2. The Morgan fingerprint density at radius 3 is 2.28 bits per heavy atom. The normalized spacial score (nSPS) is 15.7. The number of hydrogen-bond donors (Lipinski definition) is 5. The molecule has 4 heterocycles. The molecule has 2 aromatic heterocycles. The third-order valence-corrected chi connectivity index (χ3v) is 16.6. The molecule has 0 unspecified atom stereocenters. The number of carbonyl (C=O) groups is 4. The van der Waals surface area contributed by atoms with Crippen molar-refractivity contribution in [1.82, 2.24) is 25.8 Å². The van der Waals surface area contributed by atoms with Gasteiger partial charge in [-0.2, -0.15) is 26.4 Å². The Labute approximate surface area is 464 Å². The topological polar surface area (TPSA) is 280 Å². The van der Waals surface area contributed by atoms with Crippen molar-refractivity contribution in [2.45, 2.75) is 126 Å². The van der Waals surface area contributed by atoms with E-state index < -0.39 is 54.9 Å². The maximum atomic E-state index is 13.6. The van der Waals surface area contributed by atoms with Gasteiger partial charge in [0.05, 0.1) is 27.5 Å². The van der Waals surface area contributed by atoms with Crippen LogP contribution in [0.15, 0.2) is 111 Å². The fraction of sp³-hybridized carbons (Fsp3) is 0.393. The Kier molecular flexibility index (Phi) is 18.7. The molecule has 0 saturated heterocycles. The molecular weight excluding hydrogens is 1070 g/mol. The molecule has 3 aromatic carbocycles. The Hall–Kier alpha value is -7.18. The van der Waals surface area contributed by atoms with Crippen LogP contribution in [0, 0.1) is 13.8 Å². The van der Waals surface area contributed by atoms with Gasteiger partial charge in [-0.3, -0.25) is 23.5 Å². The van der Waals surface area contributed by atoms with Gasteiger partial charge < -0.3 is 30.1 Å². The van der Waals surface area contributed by atoms with Crippen LogP contribution in [0.3, 0.4) is 0 Å². The number of allylic oxidation sites excluding steroid dienone is 6. The lowest BCUT2D eigenvalue weighted by Crippen LogP contribution is -2.38. The molecule has 0 saturated carbocycles. The number of anilines is 2. The van der Waals surface area contributed by atoms with Crippen molar-refractivity contribution in [3.05, 3.63) is 130 Å².